The first-order chi connectivity index (χ1) is 37.3. The summed E-state index contributed by atoms with van der Waals surface area (Å²) < 4.78 is 0. The van der Waals surface area contributed by atoms with E-state index in [1.54, 1.807) is 23.0 Å². The lowest BCUT2D eigenvalue weighted by molar-refractivity contribution is -0.118. The van der Waals surface area contributed by atoms with Gasteiger partial charge in [0.05, 0.1) is 52.5 Å². The predicted octanol–water partition coefficient (Wildman–Crippen LogP) is 0.125. The summed E-state index contributed by atoms with van der Waals surface area (Å²) in [5.74, 6) is 9.34. The summed E-state index contributed by atoms with van der Waals surface area (Å²) in [6.07, 6.45) is 2.17. The topological polar surface area (TPSA) is 434 Å². The molecule has 0 aromatic heterocycles. The minimum atomic E-state index is -0.595. The Balaban J connectivity index is 0.000000500. The second kappa shape index (κ2) is 39.9. The molecule has 0 saturated carbocycles. The third-order valence-corrected chi connectivity index (χ3v) is 10.8. The van der Waals surface area contributed by atoms with Crippen LogP contribution in [-0.4, -0.2) is 105 Å². The van der Waals surface area contributed by atoms with Gasteiger partial charge in [-0.25, -0.2) is 21.3 Å². The molecule has 5 rings (SSSR count). The molecule has 0 spiro atoms. The lowest BCUT2D eigenvalue weighted by Gasteiger charge is -2.09. The molecule has 5 amide bonds. The van der Waals surface area contributed by atoms with Gasteiger partial charge < -0.3 is 55.7 Å². The Morgan fingerprint density at radius 2 is 0.782 bits per heavy atom. The first kappa shape index (κ1) is 67.6. The lowest BCUT2D eigenvalue weighted by atomic mass is 9.95. The summed E-state index contributed by atoms with van der Waals surface area (Å²) in [5, 5.41) is 10.1. The van der Waals surface area contributed by atoms with Gasteiger partial charge in [0.1, 0.15) is 0 Å². The number of urea groups is 2. The van der Waals surface area contributed by atoms with E-state index in [-0.39, 0.29) is 99.5 Å². The molecule has 0 aliphatic rings. The molecule has 78 heavy (non-hydrogen) atoms. The molecule has 5 aromatic carbocycles. The van der Waals surface area contributed by atoms with Gasteiger partial charge in [-0.3, -0.25) is 44.4 Å². The number of benzene rings is 5. The third-order valence-electron chi connectivity index (χ3n) is 10.8. The second-order valence-electron chi connectivity index (χ2n) is 16.9. The SMILES string of the molecule is Cc1c(CC(=O)CN)cccc1CC(=O)CN.Cc1ccc(NC(=O)CN)cc1CC(=O)CN.NCC(=O)Cc1ccc(NCC(=O)Cc2ccccc2)cc1.NCC(=O)Cc1ccccc1.NNC(=O)NCNC(=O)NN. The number of nitrogens with two attached hydrogens (primary N) is 8. The van der Waals surface area contributed by atoms with Crippen LogP contribution in [0.2, 0.25) is 0 Å². The zero-order valence-corrected chi connectivity index (χ0v) is 44.2. The molecule has 22 N–H and O–H groups in total. The van der Waals surface area contributed by atoms with Crippen molar-refractivity contribution in [1.82, 2.24) is 21.5 Å². The number of carbonyl (C=O) groups is 9. The van der Waals surface area contributed by atoms with Gasteiger partial charge in [-0.2, -0.15) is 0 Å². The Bertz CT molecular complexity index is 2600. The highest BCUT2D eigenvalue weighted by Crippen LogP contribution is 2.17. The average molecular weight is 1080 g/mol. The minimum Gasteiger partial charge on any atom is -0.378 e. The Labute approximate surface area is 454 Å². The molecule has 0 radical (unpaired) electrons. The summed E-state index contributed by atoms with van der Waals surface area (Å²) >= 11 is 0. The van der Waals surface area contributed by atoms with Crippen LogP contribution in [0, 0.1) is 13.8 Å². The van der Waals surface area contributed by atoms with Crippen LogP contribution >= 0.6 is 0 Å². The summed E-state index contributed by atoms with van der Waals surface area (Å²) in [6, 6.07) is 36.6. The Kier molecular flexibility index (Phi) is 34.6. The van der Waals surface area contributed by atoms with Gasteiger partial charge in [0, 0.05) is 49.9 Å². The van der Waals surface area contributed by atoms with Crippen LogP contribution < -0.4 is 78.2 Å². The molecule has 0 heterocycles. The molecule has 5 aromatic rings. The van der Waals surface area contributed by atoms with Gasteiger partial charge in [-0.15, -0.1) is 0 Å². The zero-order valence-electron chi connectivity index (χ0n) is 44.2. The van der Waals surface area contributed by atoms with E-state index >= 15 is 0 Å². The molecule has 420 valence electrons. The molecular formula is C55H76N14O9. The van der Waals surface area contributed by atoms with Crippen LogP contribution in [0.5, 0.6) is 0 Å². The predicted molar refractivity (Wildman–Crippen MR) is 302 cm³/mol. The van der Waals surface area contributed by atoms with Crippen LogP contribution in [0.3, 0.4) is 0 Å². The Hall–Kier alpha value is -8.39. The van der Waals surface area contributed by atoms with Crippen LogP contribution in [0.4, 0.5) is 21.0 Å². The number of ketones is 6. The van der Waals surface area contributed by atoms with Crippen molar-refractivity contribution in [2.24, 2.45) is 46.1 Å². The monoisotopic (exact) mass is 1080 g/mol. The maximum Gasteiger partial charge on any atom is 0.330 e. The first-order valence-corrected chi connectivity index (χ1v) is 24.5. The number of rotatable bonds is 24. The molecule has 0 fully saturated rings. The molecule has 23 heteroatoms. The zero-order chi connectivity index (χ0) is 58.3. The Morgan fingerprint density at radius 3 is 1.19 bits per heavy atom. The summed E-state index contributed by atoms with van der Waals surface area (Å²) in [7, 11) is 0. The maximum atomic E-state index is 11.9. The standard InChI is InChI=1S/C18H20N2O2.C13H18N2O2.C12H17N3O2.C9H11NO.C3H10N6O2/c19-12-17(21)10-15-6-8-16(9-7-15)20-13-18(22)11-14-4-2-1-3-5-14;1-9-10(5-12(16)7-14)3-2-4-11(9)6-13(17)8-15;1-8-2-3-10(15-12(17)7-14)4-9(8)5-11(16)6-13;10-7-9(11)6-8-4-2-1-3-5-8;4-8-2(10)6-1-7-3(11)9-5/h1-9,20H,10-13,19H2;2-4H,5-8,14-15H2,1H3;2-4H,5-7,13-14H2,1H3,(H,15,17);1-5H,6-7,10H2;1,4-5H2,(H2,6,8,10)(H2,7,9,11). The van der Waals surface area contributed by atoms with Gasteiger partial charge in [-0.1, -0.05) is 97.1 Å². The quantitative estimate of drug-likeness (QED) is 0.0169. The van der Waals surface area contributed by atoms with Crippen molar-refractivity contribution in [3.8, 4) is 0 Å². The number of carbonyl (C=O) groups excluding carboxylic acids is 9. The number of Topliss-reactive ketones (excluding diaryl/α,β-unsaturated/α-hetero) is 6. The van der Waals surface area contributed by atoms with E-state index in [4.69, 9.17) is 46.1 Å². The number of hydrogen-bond acceptors (Lipinski definition) is 18. The fourth-order valence-electron chi connectivity index (χ4n) is 6.45. The van der Waals surface area contributed by atoms with Crippen molar-refractivity contribution >= 4 is 64.0 Å². The number of anilines is 2. The minimum absolute atomic E-state index is 0.00426. The highest BCUT2D eigenvalue weighted by atomic mass is 16.2. The van der Waals surface area contributed by atoms with E-state index < -0.39 is 12.1 Å². The largest absolute Gasteiger partial charge is 0.378 e. The molecule has 0 bridgehead atoms. The molecule has 0 aliphatic heterocycles. The van der Waals surface area contributed by atoms with E-state index in [0.29, 0.717) is 37.8 Å². The molecule has 0 atom stereocenters. The number of nitrogens with one attached hydrogen (secondary N) is 6. The molecule has 23 nitrogen and oxygen atoms in total. The van der Waals surface area contributed by atoms with E-state index in [9.17, 15) is 43.2 Å². The van der Waals surface area contributed by atoms with E-state index in [0.717, 1.165) is 50.2 Å². The average Bonchev–Trinajstić information content (AvgIpc) is 3.45. The lowest BCUT2D eigenvalue weighted by Crippen LogP contribution is -2.48. The van der Waals surface area contributed by atoms with E-state index in [1.165, 1.54) is 0 Å². The smallest absolute Gasteiger partial charge is 0.330 e. The fourth-order valence-corrected chi connectivity index (χ4v) is 6.45. The summed E-state index contributed by atoms with van der Waals surface area (Å²) in [6.45, 7) is 4.32. The van der Waals surface area contributed by atoms with Crippen molar-refractivity contribution in [3.63, 3.8) is 0 Å². The second-order valence-corrected chi connectivity index (χ2v) is 16.9. The van der Waals surface area contributed by atoms with Crippen molar-refractivity contribution in [2.75, 3.05) is 63.1 Å². The number of hydrogen-bond donors (Lipinski definition) is 14. The first-order valence-electron chi connectivity index (χ1n) is 24.5. The fraction of sp³-hybridized carbons (Fsp3) is 0.291. The maximum absolute atomic E-state index is 11.9. The van der Waals surface area contributed by atoms with Gasteiger partial charge in [0.25, 0.3) is 0 Å². The van der Waals surface area contributed by atoms with Crippen LogP contribution in [-0.2, 0) is 72.1 Å². The highest BCUT2D eigenvalue weighted by Gasteiger charge is 2.11. The van der Waals surface area contributed by atoms with Crippen molar-refractivity contribution < 1.29 is 43.2 Å². The molecule has 0 saturated heterocycles. The summed E-state index contributed by atoms with van der Waals surface area (Å²) in [4.78, 5) is 99.8. The van der Waals surface area contributed by atoms with Crippen molar-refractivity contribution in [3.05, 3.63) is 166 Å². The van der Waals surface area contributed by atoms with Gasteiger partial charge in [-0.05, 0) is 82.6 Å². The van der Waals surface area contributed by atoms with Crippen LogP contribution in [0.25, 0.3) is 0 Å². The highest BCUT2D eigenvalue weighted by molar-refractivity contribution is 5.92. The van der Waals surface area contributed by atoms with E-state index in [1.807, 2.05) is 123 Å². The number of amides is 5. The normalized spacial score (nSPS) is 9.82. The third kappa shape index (κ3) is 30.2. The molecule has 0 unspecified atom stereocenters. The van der Waals surface area contributed by atoms with E-state index in [2.05, 4.69) is 21.3 Å². The van der Waals surface area contributed by atoms with Gasteiger partial charge >= 0.3 is 12.1 Å². The van der Waals surface area contributed by atoms with Gasteiger partial charge in [0.2, 0.25) is 5.91 Å². The van der Waals surface area contributed by atoms with Gasteiger partial charge in [0.15, 0.2) is 34.7 Å². The number of hydrazine groups is 2. The molecule has 0 aliphatic carbocycles. The summed E-state index contributed by atoms with van der Waals surface area (Å²) in [5.41, 5.74) is 44.3. The Morgan fingerprint density at radius 1 is 0.397 bits per heavy atom. The van der Waals surface area contributed by atoms with Crippen molar-refractivity contribution in [2.45, 2.75) is 52.4 Å². The van der Waals surface area contributed by atoms with Crippen LogP contribution in [0.1, 0.15) is 44.5 Å². The number of aryl methyl sites for hydroxylation is 1. The van der Waals surface area contributed by atoms with Crippen molar-refractivity contribution in [1.29, 1.82) is 0 Å². The molecular weight excluding hydrogens is 1000 g/mol. The van der Waals surface area contributed by atoms with Crippen LogP contribution in [0.15, 0.2) is 121 Å².